The second-order valence-electron chi connectivity index (χ2n) is 4.98. The maximum Gasteiger partial charge on any atom is 0.416 e. The first-order valence-corrected chi connectivity index (χ1v) is 6.70. The second-order valence-corrected chi connectivity index (χ2v) is 5.39. The number of alkyl halides is 3. The van der Waals surface area contributed by atoms with Crippen LogP contribution in [-0.4, -0.2) is 5.11 Å². The van der Waals surface area contributed by atoms with Gasteiger partial charge in [0.2, 0.25) is 0 Å². The van der Waals surface area contributed by atoms with Crippen LogP contribution in [0.15, 0.2) is 36.4 Å². The van der Waals surface area contributed by atoms with Crippen molar-refractivity contribution in [2.75, 3.05) is 0 Å². The number of benzene rings is 2. The normalized spacial score (nSPS) is 13.3. The molecule has 5 heteroatoms. The molecule has 0 amide bonds. The monoisotopic (exact) mass is 314 g/mol. The first kappa shape index (κ1) is 15.9. The van der Waals surface area contributed by atoms with Crippen LogP contribution in [0.4, 0.5) is 13.2 Å². The van der Waals surface area contributed by atoms with Crippen LogP contribution in [0.25, 0.3) is 0 Å². The van der Waals surface area contributed by atoms with E-state index in [4.69, 9.17) is 11.6 Å². The summed E-state index contributed by atoms with van der Waals surface area (Å²) in [7, 11) is 0. The fraction of sp³-hybridized carbons (Fsp3) is 0.250. The Kier molecular flexibility index (Phi) is 4.30. The average molecular weight is 315 g/mol. The van der Waals surface area contributed by atoms with Gasteiger partial charge < -0.3 is 5.11 Å². The molecule has 21 heavy (non-hydrogen) atoms. The van der Waals surface area contributed by atoms with Gasteiger partial charge in [0, 0.05) is 5.02 Å². The van der Waals surface area contributed by atoms with E-state index in [1.54, 1.807) is 25.1 Å². The summed E-state index contributed by atoms with van der Waals surface area (Å²) >= 11 is 6.01. The summed E-state index contributed by atoms with van der Waals surface area (Å²) in [6.45, 7) is 3.38. The Labute approximate surface area is 126 Å². The van der Waals surface area contributed by atoms with Gasteiger partial charge in [-0.1, -0.05) is 29.8 Å². The highest BCUT2D eigenvalue weighted by Crippen LogP contribution is 2.33. The second kappa shape index (κ2) is 5.70. The van der Waals surface area contributed by atoms with Gasteiger partial charge in [-0.25, -0.2) is 0 Å². The predicted octanol–water partition coefficient (Wildman–Crippen LogP) is 5.06. The van der Waals surface area contributed by atoms with Crippen LogP contribution in [0.5, 0.6) is 0 Å². The third-order valence-electron chi connectivity index (χ3n) is 3.40. The minimum Gasteiger partial charge on any atom is -0.384 e. The molecule has 0 bridgehead atoms. The number of rotatable bonds is 2. The van der Waals surface area contributed by atoms with E-state index in [2.05, 4.69) is 0 Å². The highest BCUT2D eigenvalue weighted by atomic mass is 35.5. The van der Waals surface area contributed by atoms with Gasteiger partial charge in [0.1, 0.15) is 6.10 Å². The maximum absolute atomic E-state index is 12.6. The highest BCUT2D eigenvalue weighted by molar-refractivity contribution is 6.31. The number of hydrogen-bond donors (Lipinski definition) is 1. The number of halogens is 4. The molecule has 0 aliphatic carbocycles. The quantitative estimate of drug-likeness (QED) is 0.821. The van der Waals surface area contributed by atoms with E-state index in [0.29, 0.717) is 21.7 Å². The smallest absolute Gasteiger partial charge is 0.384 e. The molecule has 0 fully saturated rings. The molecule has 0 heterocycles. The average Bonchev–Trinajstić information content (AvgIpc) is 2.40. The highest BCUT2D eigenvalue weighted by Gasteiger charge is 2.31. The fourth-order valence-corrected chi connectivity index (χ4v) is 2.31. The Morgan fingerprint density at radius 3 is 2.19 bits per heavy atom. The van der Waals surface area contributed by atoms with Crippen molar-refractivity contribution in [1.82, 2.24) is 0 Å². The Morgan fingerprint density at radius 2 is 1.67 bits per heavy atom. The van der Waals surface area contributed by atoms with Crippen LogP contribution in [-0.2, 0) is 6.18 Å². The minimum absolute atomic E-state index is 0.383. The molecule has 0 aliphatic heterocycles. The lowest BCUT2D eigenvalue weighted by molar-refractivity contribution is -0.137. The van der Waals surface area contributed by atoms with Crippen molar-refractivity contribution < 1.29 is 18.3 Å². The number of aliphatic hydroxyl groups is 1. The number of aryl methyl sites for hydroxylation is 2. The van der Waals surface area contributed by atoms with Crippen molar-refractivity contribution in [3.8, 4) is 0 Å². The molecule has 0 spiro atoms. The van der Waals surface area contributed by atoms with Gasteiger partial charge in [-0.05, 0) is 54.3 Å². The topological polar surface area (TPSA) is 20.2 Å². The molecule has 0 saturated carbocycles. The van der Waals surface area contributed by atoms with Gasteiger partial charge in [-0.15, -0.1) is 0 Å². The SMILES string of the molecule is Cc1ccc(C(O)c2ccc(C(F)(F)F)cc2C)cc1Cl. The first-order chi connectivity index (χ1) is 9.70. The lowest BCUT2D eigenvalue weighted by Gasteiger charge is -2.17. The Bertz CT molecular complexity index is 665. The van der Waals surface area contributed by atoms with Crippen LogP contribution in [0.1, 0.15) is 33.9 Å². The minimum atomic E-state index is -4.39. The third kappa shape index (κ3) is 3.39. The van der Waals surface area contributed by atoms with Crippen LogP contribution in [0, 0.1) is 13.8 Å². The van der Waals surface area contributed by atoms with Crippen molar-refractivity contribution in [2.45, 2.75) is 26.1 Å². The molecular weight excluding hydrogens is 301 g/mol. The largest absolute Gasteiger partial charge is 0.416 e. The van der Waals surface area contributed by atoms with Crippen LogP contribution in [0.2, 0.25) is 5.02 Å². The zero-order valence-corrected chi connectivity index (χ0v) is 12.3. The summed E-state index contributed by atoms with van der Waals surface area (Å²) in [5, 5.41) is 10.9. The molecule has 1 nitrogen and oxygen atoms in total. The van der Waals surface area contributed by atoms with Gasteiger partial charge >= 0.3 is 6.18 Å². The standard InChI is InChI=1S/C16H14ClF3O/c1-9-3-4-11(8-14(9)17)15(21)13-6-5-12(7-10(13)2)16(18,19)20/h3-8,15,21H,1-2H3. The summed E-state index contributed by atoms with van der Waals surface area (Å²) in [6.07, 6.45) is -5.40. The summed E-state index contributed by atoms with van der Waals surface area (Å²) < 4.78 is 37.9. The van der Waals surface area contributed by atoms with Gasteiger partial charge in [0.05, 0.1) is 5.56 Å². The zero-order chi connectivity index (χ0) is 15.8. The molecule has 0 aromatic heterocycles. The van der Waals surface area contributed by atoms with E-state index in [0.717, 1.165) is 17.7 Å². The van der Waals surface area contributed by atoms with Crippen molar-refractivity contribution in [3.63, 3.8) is 0 Å². The van der Waals surface area contributed by atoms with Crippen LogP contribution in [0.3, 0.4) is 0 Å². The summed E-state index contributed by atoms with van der Waals surface area (Å²) in [4.78, 5) is 0. The fourth-order valence-electron chi connectivity index (χ4n) is 2.12. The summed E-state index contributed by atoms with van der Waals surface area (Å²) in [6, 6.07) is 8.41. The third-order valence-corrected chi connectivity index (χ3v) is 3.81. The van der Waals surface area contributed by atoms with Crippen molar-refractivity contribution >= 4 is 11.6 Å². The zero-order valence-electron chi connectivity index (χ0n) is 11.5. The predicted molar refractivity (Wildman–Crippen MR) is 76.4 cm³/mol. The molecule has 0 radical (unpaired) electrons. The maximum atomic E-state index is 12.6. The van der Waals surface area contributed by atoms with E-state index >= 15 is 0 Å². The Morgan fingerprint density at radius 1 is 1.00 bits per heavy atom. The van der Waals surface area contributed by atoms with Gasteiger partial charge in [-0.2, -0.15) is 13.2 Å². The number of aliphatic hydroxyl groups excluding tert-OH is 1. The van der Waals surface area contributed by atoms with Crippen molar-refractivity contribution in [1.29, 1.82) is 0 Å². The van der Waals surface area contributed by atoms with E-state index in [1.807, 2.05) is 6.92 Å². The lowest BCUT2D eigenvalue weighted by Crippen LogP contribution is -2.08. The molecule has 2 rings (SSSR count). The van der Waals surface area contributed by atoms with Gasteiger partial charge in [0.15, 0.2) is 0 Å². The molecule has 0 aliphatic rings. The molecule has 112 valence electrons. The van der Waals surface area contributed by atoms with E-state index < -0.39 is 17.8 Å². The lowest BCUT2D eigenvalue weighted by atomic mass is 9.95. The molecule has 2 aromatic carbocycles. The number of hydrogen-bond acceptors (Lipinski definition) is 1. The van der Waals surface area contributed by atoms with Crippen LogP contribution >= 0.6 is 11.6 Å². The first-order valence-electron chi connectivity index (χ1n) is 6.32. The Hall–Kier alpha value is -1.52. The van der Waals surface area contributed by atoms with Crippen LogP contribution < -0.4 is 0 Å². The summed E-state index contributed by atoms with van der Waals surface area (Å²) in [5.74, 6) is 0. The van der Waals surface area contributed by atoms with Gasteiger partial charge in [-0.3, -0.25) is 0 Å². The molecule has 1 N–H and O–H groups in total. The van der Waals surface area contributed by atoms with Crippen molar-refractivity contribution in [2.24, 2.45) is 0 Å². The molecular formula is C16H14ClF3O. The molecule has 1 atom stereocenters. The molecule has 2 aromatic rings. The molecule has 0 saturated heterocycles. The van der Waals surface area contributed by atoms with E-state index in [1.165, 1.54) is 6.07 Å². The van der Waals surface area contributed by atoms with Gasteiger partial charge in [0.25, 0.3) is 0 Å². The van der Waals surface area contributed by atoms with Crippen molar-refractivity contribution in [3.05, 3.63) is 69.2 Å². The summed E-state index contributed by atoms with van der Waals surface area (Å²) in [5.41, 5.74) is 1.51. The Balaban J connectivity index is 2.39. The molecule has 1 unspecified atom stereocenters. The van der Waals surface area contributed by atoms with E-state index in [-0.39, 0.29) is 0 Å². The van der Waals surface area contributed by atoms with E-state index in [9.17, 15) is 18.3 Å².